The molecule has 1 saturated heterocycles. The van der Waals surface area contributed by atoms with Crippen LogP contribution in [0.2, 0.25) is 0 Å². The number of alkyl halides is 3. The number of nitrogens with zero attached hydrogens (tertiary/aromatic N) is 1. The number of rotatable bonds is 6. The van der Waals surface area contributed by atoms with E-state index in [1.165, 1.54) is 17.7 Å². The minimum absolute atomic E-state index is 0.0211. The van der Waals surface area contributed by atoms with E-state index in [0.717, 1.165) is 56.6 Å². The quantitative estimate of drug-likeness (QED) is 0.559. The van der Waals surface area contributed by atoms with Crippen molar-refractivity contribution in [3.63, 3.8) is 0 Å². The highest BCUT2D eigenvalue weighted by atomic mass is 19.4. The summed E-state index contributed by atoms with van der Waals surface area (Å²) in [5.41, 5.74) is 6.86. The van der Waals surface area contributed by atoms with Crippen LogP contribution in [-0.4, -0.2) is 48.4 Å². The van der Waals surface area contributed by atoms with Gasteiger partial charge in [0.05, 0.1) is 18.2 Å². The Labute approximate surface area is 196 Å². The molecule has 1 aliphatic carbocycles. The fourth-order valence-corrected chi connectivity index (χ4v) is 4.82. The van der Waals surface area contributed by atoms with Gasteiger partial charge < -0.3 is 16.4 Å². The number of nitrogen functional groups attached to an aromatic ring is 1. The molecule has 9 heteroatoms. The van der Waals surface area contributed by atoms with Gasteiger partial charge in [0.2, 0.25) is 5.91 Å². The lowest BCUT2D eigenvalue weighted by Gasteiger charge is -2.46. The van der Waals surface area contributed by atoms with Crippen molar-refractivity contribution >= 4 is 17.5 Å². The molecule has 6 nitrogen and oxygen atoms in total. The van der Waals surface area contributed by atoms with E-state index in [9.17, 15) is 22.8 Å². The van der Waals surface area contributed by atoms with E-state index in [4.69, 9.17) is 5.73 Å². The molecule has 2 amide bonds. The van der Waals surface area contributed by atoms with Crippen molar-refractivity contribution in [1.29, 1.82) is 0 Å². The zero-order valence-corrected chi connectivity index (χ0v) is 18.8. The molecule has 0 spiro atoms. The fourth-order valence-electron chi connectivity index (χ4n) is 4.82. The molecule has 2 aromatic carbocycles. The van der Waals surface area contributed by atoms with Crippen LogP contribution >= 0.6 is 0 Å². The normalized spacial score (nSPS) is 21.5. The van der Waals surface area contributed by atoms with Gasteiger partial charge in [-0.15, -0.1) is 0 Å². The molecule has 0 bridgehead atoms. The van der Waals surface area contributed by atoms with Gasteiger partial charge in [0.25, 0.3) is 5.91 Å². The van der Waals surface area contributed by atoms with Gasteiger partial charge in [-0.1, -0.05) is 18.2 Å². The molecular weight excluding hydrogens is 445 g/mol. The predicted octanol–water partition coefficient (Wildman–Crippen LogP) is 3.54. The molecule has 0 radical (unpaired) electrons. The Bertz CT molecular complexity index is 1010. The van der Waals surface area contributed by atoms with Gasteiger partial charge in [0.1, 0.15) is 0 Å². The third kappa shape index (κ3) is 5.88. The van der Waals surface area contributed by atoms with E-state index in [-0.39, 0.29) is 24.1 Å². The lowest BCUT2D eigenvalue weighted by Crippen LogP contribution is -2.63. The standard InChI is InChI=1S/C25H29F3N4O2/c26-25(27,28)19-3-1-2-18(12-19)24(34)30-13-23(33)31-21-14-32(15-21)22-10-6-17(7-11-22)16-4-8-20(29)9-5-16/h1-5,8-9,12,17,21-22H,6-7,10-11,13-15,29H2,(H,30,34)(H,31,33)/t17-,22+. The van der Waals surface area contributed by atoms with Gasteiger partial charge in [-0.2, -0.15) is 13.2 Å². The van der Waals surface area contributed by atoms with Crippen molar-refractivity contribution in [1.82, 2.24) is 15.5 Å². The summed E-state index contributed by atoms with van der Waals surface area (Å²) in [6.07, 6.45) is -0.0437. The smallest absolute Gasteiger partial charge is 0.399 e. The average Bonchev–Trinajstić information content (AvgIpc) is 2.80. The van der Waals surface area contributed by atoms with Gasteiger partial charge in [-0.05, 0) is 67.5 Å². The van der Waals surface area contributed by atoms with Crippen LogP contribution < -0.4 is 16.4 Å². The highest BCUT2D eigenvalue weighted by molar-refractivity contribution is 5.96. The fraction of sp³-hybridized carbons (Fsp3) is 0.440. The lowest BCUT2D eigenvalue weighted by molar-refractivity contribution is -0.137. The number of carbonyl (C=O) groups is 2. The topological polar surface area (TPSA) is 87.5 Å². The van der Waals surface area contributed by atoms with Gasteiger partial charge in [-0.25, -0.2) is 0 Å². The van der Waals surface area contributed by atoms with E-state index in [1.54, 1.807) is 0 Å². The molecule has 2 aromatic rings. The first-order valence-corrected chi connectivity index (χ1v) is 11.5. The molecule has 34 heavy (non-hydrogen) atoms. The number of halogens is 3. The summed E-state index contributed by atoms with van der Waals surface area (Å²) in [5.74, 6) is -0.500. The third-order valence-corrected chi connectivity index (χ3v) is 6.76. The molecule has 4 rings (SSSR count). The molecule has 1 heterocycles. The monoisotopic (exact) mass is 474 g/mol. The van der Waals surface area contributed by atoms with Crippen LogP contribution in [0.3, 0.4) is 0 Å². The summed E-state index contributed by atoms with van der Waals surface area (Å²) in [6.45, 7) is 1.26. The van der Waals surface area contributed by atoms with E-state index in [1.807, 2.05) is 12.1 Å². The molecular formula is C25H29F3N4O2. The van der Waals surface area contributed by atoms with Crippen LogP contribution in [-0.2, 0) is 11.0 Å². The minimum atomic E-state index is -4.53. The number of carbonyl (C=O) groups excluding carboxylic acids is 2. The van der Waals surface area contributed by atoms with Gasteiger partial charge in [0.15, 0.2) is 0 Å². The van der Waals surface area contributed by atoms with Gasteiger partial charge in [-0.3, -0.25) is 14.5 Å². The average molecular weight is 475 g/mol. The Morgan fingerprint density at radius 3 is 2.32 bits per heavy atom. The van der Waals surface area contributed by atoms with Crippen LogP contribution in [0.25, 0.3) is 0 Å². The Kier molecular flexibility index (Phi) is 7.11. The Hall–Kier alpha value is -3.07. The molecule has 0 unspecified atom stereocenters. The predicted molar refractivity (Wildman–Crippen MR) is 123 cm³/mol. The van der Waals surface area contributed by atoms with Crippen LogP contribution in [0.5, 0.6) is 0 Å². The highest BCUT2D eigenvalue weighted by Crippen LogP contribution is 2.36. The summed E-state index contributed by atoms with van der Waals surface area (Å²) in [5, 5.41) is 5.27. The molecule has 1 aliphatic heterocycles. The molecule has 0 atom stereocenters. The van der Waals surface area contributed by atoms with Crippen LogP contribution in [0.4, 0.5) is 18.9 Å². The van der Waals surface area contributed by atoms with Crippen molar-refractivity contribution in [2.24, 2.45) is 0 Å². The van der Waals surface area contributed by atoms with Crippen LogP contribution in [0.15, 0.2) is 48.5 Å². The van der Waals surface area contributed by atoms with E-state index >= 15 is 0 Å². The first-order chi connectivity index (χ1) is 16.2. The van der Waals surface area contributed by atoms with Gasteiger partial charge in [0, 0.05) is 30.4 Å². The van der Waals surface area contributed by atoms with Crippen molar-refractivity contribution in [3.8, 4) is 0 Å². The lowest BCUT2D eigenvalue weighted by atomic mass is 9.80. The Morgan fingerprint density at radius 2 is 1.68 bits per heavy atom. The van der Waals surface area contributed by atoms with E-state index < -0.39 is 17.6 Å². The highest BCUT2D eigenvalue weighted by Gasteiger charge is 2.35. The zero-order chi connectivity index (χ0) is 24.3. The molecule has 4 N–H and O–H groups in total. The summed E-state index contributed by atoms with van der Waals surface area (Å²) < 4.78 is 38.4. The summed E-state index contributed by atoms with van der Waals surface area (Å²) in [6, 6.07) is 12.8. The number of nitrogens with one attached hydrogen (secondary N) is 2. The molecule has 0 aromatic heterocycles. The molecule has 2 fully saturated rings. The first kappa shape index (κ1) is 24.1. The minimum Gasteiger partial charge on any atom is -0.399 e. The number of anilines is 1. The van der Waals surface area contributed by atoms with Crippen LogP contribution in [0, 0.1) is 0 Å². The van der Waals surface area contributed by atoms with Gasteiger partial charge >= 0.3 is 6.18 Å². The summed E-state index contributed by atoms with van der Waals surface area (Å²) >= 11 is 0. The summed E-state index contributed by atoms with van der Waals surface area (Å²) in [4.78, 5) is 26.7. The number of nitrogens with two attached hydrogens (primary N) is 1. The van der Waals surface area contributed by atoms with E-state index in [0.29, 0.717) is 12.0 Å². The maximum Gasteiger partial charge on any atom is 0.416 e. The second kappa shape index (κ2) is 10.0. The van der Waals surface area contributed by atoms with Crippen LogP contribution in [0.1, 0.15) is 53.1 Å². The van der Waals surface area contributed by atoms with Crippen molar-refractivity contribution < 1.29 is 22.8 Å². The Morgan fingerprint density at radius 1 is 1.00 bits per heavy atom. The first-order valence-electron chi connectivity index (χ1n) is 11.5. The molecule has 2 aliphatic rings. The number of likely N-dealkylation sites (tertiary alicyclic amines) is 1. The zero-order valence-electron chi connectivity index (χ0n) is 18.8. The second-order valence-corrected chi connectivity index (χ2v) is 9.15. The third-order valence-electron chi connectivity index (χ3n) is 6.76. The number of hydrogen-bond acceptors (Lipinski definition) is 4. The van der Waals surface area contributed by atoms with Crippen molar-refractivity contribution in [3.05, 3.63) is 65.2 Å². The number of hydrogen-bond donors (Lipinski definition) is 3. The largest absolute Gasteiger partial charge is 0.416 e. The maximum atomic E-state index is 12.8. The van der Waals surface area contributed by atoms with E-state index in [2.05, 4.69) is 27.7 Å². The molecule has 182 valence electrons. The SMILES string of the molecule is Nc1ccc([C@H]2CC[C@@H](N3CC(NC(=O)CNC(=O)c4cccc(C(F)(F)F)c4)C3)CC2)cc1. The van der Waals surface area contributed by atoms with Crippen molar-refractivity contribution in [2.75, 3.05) is 25.4 Å². The Balaban J connectivity index is 1.15. The number of amides is 2. The second-order valence-electron chi connectivity index (χ2n) is 9.15. The van der Waals surface area contributed by atoms with Crippen molar-refractivity contribution in [2.45, 2.75) is 49.9 Å². The number of benzene rings is 2. The molecule has 1 saturated carbocycles. The maximum absolute atomic E-state index is 12.8. The summed E-state index contributed by atoms with van der Waals surface area (Å²) in [7, 11) is 0.